The van der Waals surface area contributed by atoms with Crippen molar-refractivity contribution < 1.29 is 9.72 Å². The number of allylic oxidation sites excluding steroid dienone is 1. The molecule has 0 aliphatic carbocycles. The summed E-state index contributed by atoms with van der Waals surface area (Å²) in [4.78, 5) is 27.3. The van der Waals surface area contributed by atoms with Gasteiger partial charge in [-0.05, 0) is 13.0 Å². The predicted molar refractivity (Wildman–Crippen MR) is 112 cm³/mol. The fourth-order valence-corrected chi connectivity index (χ4v) is 3.78. The standard InChI is InChI=1S/C19H14Cl2N6O3/c1-9-14(17(22)28)16(12-6-3-7-13(20)15(12)21)26-19(23-9)24-18(25-26)10-4-2-5-11(8-10)27(29)30/h2-8,16H,1H3,(H2,22,28)(H,23,24,25). The number of primary amides is 1. The second kappa shape index (κ2) is 7.43. The van der Waals surface area contributed by atoms with Gasteiger partial charge in [-0.15, -0.1) is 5.10 Å². The molecular formula is C19H14Cl2N6O3. The van der Waals surface area contributed by atoms with Gasteiger partial charge in [0.05, 0.1) is 20.5 Å². The highest BCUT2D eigenvalue weighted by Gasteiger charge is 2.35. The summed E-state index contributed by atoms with van der Waals surface area (Å²) in [5.74, 6) is -0.0815. The van der Waals surface area contributed by atoms with Gasteiger partial charge >= 0.3 is 0 Å². The lowest BCUT2D eigenvalue weighted by molar-refractivity contribution is -0.384. The summed E-state index contributed by atoms with van der Waals surface area (Å²) in [6.45, 7) is 1.69. The van der Waals surface area contributed by atoms with Crippen LogP contribution in [0, 0.1) is 10.1 Å². The first-order valence-electron chi connectivity index (χ1n) is 8.70. The van der Waals surface area contributed by atoms with Gasteiger partial charge in [-0.1, -0.05) is 47.5 Å². The molecule has 152 valence electrons. The van der Waals surface area contributed by atoms with Crippen LogP contribution in [0.4, 0.5) is 11.6 Å². The van der Waals surface area contributed by atoms with Crippen molar-refractivity contribution in [3.05, 3.63) is 79.5 Å². The van der Waals surface area contributed by atoms with Crippen LogP contribution in [-0.2, 0) is 4.79 Å². The van der Waals surface area contributed by atoms with Crippen LogP contribution >= 0.6 is 23.2 Å². The third-order valence-electron chi connectivity index (χ3n) is 4.71. The molecule has 1 amide bonds. The molecule has 1 unspecified atom stereocenters. The van der Waals surface area contributed by atoms with Gasteiger partial charge in [0.25, 0.3) is 5.69 Å². The molecule has 0 fully saturated rings. The number of hydrogen-bond acceptors (Lipinski definition) is 6. The summed E-state index contributed by atoms with van der Waals surface area (Å²) in [5.41, 5.74) is 7.28. The molecule has 9 nitrogen and oxygen atoms in total. The van der Waals surface area contributed by atoms with E-state index >= 15 is 0 Å². The van der Waals surface area contributed by atoms with Crippen LogP contribution < -0.4 is 11.1 Å². The number of nitrogens with zero attached hydrogens (tertiary/aromatic N) is 4. The molecule has 0 saturated heterocycles. The van der Waals surface area contributed by atoms with Crippen LogP contribution in [0.5, 0.6) is 0 Å². The Morgan fingerprint density at radius 2 is 2.00 bits per heavy atom. The van der Waals surface area contributed by atoms with E-state index in [0.29, 0.717) is 27.8 Å². The number of non-ortho nitro benzene ring substituents is 1. The third kappa shape index (κ3) is 3.27. The van der Waals surface area contributed by atoms with Crippen LogP contribution in [0.3, 0.4) is 0 Å². The Bertz CT molecular complexity index is 1240. The maximum atomic E-state index is 12.3. The molecule has 30 heavy (non-hydrogen) atoms. The molecule has 4 rings (SSSR count). The number of nitro benzene ring substituents is 1. The van der Waals surface area contributed by atoms with E-state index < -0.39 is 16.9 Å². The SMILES string of the molecule is CC1=C(C(N)=O)C(c2cccc(Cl)c2Cl)n2nc(-c3cccc([N+](=O)[O-])c3)nc2N1. The minimum Gasteiger partial charge on any atom is -0.366 e. The monoisotopic (exact) mass is 444 g/mol. The molecule has 1 aliphatic rings. The summed E-state index contributed by atoms with van der Waals surface area (Å²) < 4.78 is 1.47. The number of nitro groups is 1. The number of amides is 1. The van der Waals surface area contributed by atoms with Crippen LogP contribution in [0.25, 0.3) is 11.4 Å². The molecule has 0 radical (unpaired) electrons. The van der Waals surface area contributed by atoms with Crippen molar-refractivity contribution >= 4 is 40.7 Å². The smallest absolute Gasteiger partial charge is 0.270 e. The number of fused-ring (bicyclic) bond motifs is 1. The molecular weight excluding hydrogens is 431 g/mol. The predicted octanol–water partition coefficient (Wildman–Crippen LogP) is 3.93. The molecule has 2 heterocycles. The summed E-state index contributed by atoms with van der Waals surface area (Å²) >= 11 is 12.6. The highest BCUT2D eigenvalue weighted by molar-refractivity contribution is 6.42. The summed E-state index contributed by atoms with van der Waals surface area (Å²) in [7, 11) is 0. The Hall–Kier alpha value is -3.43. The van der Waals surface area contributed by atoms with Gasteiger partial charge in [-0.3, -0.25) is 14.9 Å². The average molecular weight is 445 g/mol. The van der Waals surface area contributed by atoms with Crippen molar-refractivity contribution in [1.82, 2.24) is 14.8 Å². The Labute approximate surface area is 180 Å². The molecule has 0 spiro atoms. The Morgan fingerprint density at radius 3 is 2.70 bits per heavy atom. The highest BCUT2D eigenvalue weighted by Crippen LogP contribution is 2.40. The van der Waals surface area contributed by atoms with E-state index in [1.54, 1.807) is 37.3 Å². The molecule has 1 aromatic heterocycles. The molecule has 0 saturated carbocycles. The number of nitrogens with one attached hydrogen (secondary N) is 1. The maximum absolute atomic E-state index is 12.3. The van der Waals surface area contributed by atoms with Crippen LogP contribution in [-0.4, -0.2) is 25.6 Å². The van der Waals surface area contributed by atoms with Crippen LogP contribution in [0.1, 0.15) is 18.5 Å². The fraction of sp³-hybridized carbons (Fsp3) is 0.105. The number of benzene rings is 2. The van der Waals surface area contributed by atoms with Gasteiger partial charge in [-0.2, -0.15) is 4.98 Å². The topological polar surface area (TPSA) is 129 Å². The number of hydrogen-bond donors (Lipinski definition) is 2. The van der Waals surface area contributed by atoms with Gasteiger partial charge in [-0.25, -0.2) is 4.68 Å². The summed E-state index contributed by atoms with van der Waals surface area (Å²) in [6.07, 6.45) is 0. The Morgan fingerprint density at radius 1 is 1.27 bits per heavy atom. The average Bonchev–Trinajstić information content (AvgIpc) is 3.12. The number of carbonyl (C=O) groups excluding carboxylic acids is 1. The molecule has 1 atom stereocenters. The summed E-state index contributed by atoms with van der Waals surface area (Å²) in [6, 6.07) is 10.2. The molecule has 11 heteroatoms. The first kappa shape index (κ1) is 19.9. The van der Waals surface area contributed by atoms with Crippen molar-refractivity contribution in [2.75, 3.05) is 5.32 Å². The van der Waals surface area contributed by atoms with E-state index in [9.17, 15) is 14.9 Å². The lowest BCUT2D eigenvalue weighted by atomic mass is 9.95. The minimum absolute atomic E-state index is 0.0882. The van der Waals surface area contributed by atoms with Gasteiger partial charge in [0.2, 0.25) is 11.9 Å². The van der Waals surface area contributed by atoms with Gasteiger partial charge in [0.15, 0.2) is 5.82 Å². The summed E-state index contributed by atoms with van der Waals surface area (Å²) in [5, 5.41) is 19.2. The van der Waals surface area contributed by atoms with E-state index in [0.717, 1.165) is 0 Å². The molecule has 3 aromatic rings. The van der Waals surface area contributed by atoms with E-state index in [1.807, 2.05) is 0 Å². The van der Waals surface area contributed by atoms with E-state index in [-0.39, 0.29) is 22.1 Å². The third-order valence-corrected chi connectivity index (χ3v) is 5.54. The number of carbonyl (C=O) groups is 1. The Balaban J connectivity index is 1.91. The quantitative estimate of drug-likeness (QED) is 0.463. The normalized spacial score (nSPS) is 15.5. The van der Waals surface area contributed by atoms with Crippen molar-refractivity contribution in [3.63, 3.8) is 0 Å². The van der Waals surface area contributed by atoms with Crippen molar-refractivity contribution in [2.45, 2.75) is 13.0 Å². The minimum atomic E-state index is -0.773. The number of halogens is 2. The lowest BCUT2D eigenvalue weighted by Crippen LogP contribution is -2.32. The number of anilines is 1. The lowest BCUT2D eigenvalue weighted by Gasteiger charge is -2.28. The first-order chi connectivity index (χ1) is 14.3. The molecule has 0 bridgehead atoms. The van der Waals surface area contributed by atoms with E-state index in [4.69, 9.17) is 28.9 Å². The molecule has 3 N–H and O–H groups in total. The van der Waals surface area contributed by atoms with Crippen molar-refractivity contribution in [3.8, 4) is 11.4 Å². The van der Waals surface area contributed by atoms with Crippen LogP contribution in [0.15, 0.2) is 53.7 Å². The van der Waals surface area contributed by atoms with E-state index in [1.165, 1.54) is 16.8 Å². The molecule has 1 aliphatic heterocycles. The van der Waals surface area contributed by atoms with Crippen molar-refractivity contribution in [1.29, 1.82) is 0 Å². The number of aromatic nitrogens is 3. The highest BCUT2D eigenvalue weighted by atomic mass is 35.5. The zero-order valence-corrected chi connectivity index (χ0v) is 17.0. The largest absolute Gasteiger partial charge is 0.366 e. The number of nitrogens with two attached hydrogens (primary N) is 1. The van der Waals surface area contributed by atoms with Gasteiger partial charge in [0.1, 0.15) is 6.04 Å². The van der Waals surface area contributed by atoms with Gasteiger partial charge in [0, 0.05) is 29.0 Å². The zero-order valence-electron chi connectivity index (χ0n) is 15.5. The maximum Gasteiger partial charge on any atom is 0.270 e. The first-order valence-corrected chi connectivity index (χ1v) is 9.46. The fourth-order valence-electron chi connectivity index (χ4n) is 3.37. The second-order valence-corrected chi connectivity index (χ2v) is 7.37. The van der Waals surface area contributed by atoms with Crippen molar-refractivity contribution in [2.24, 2.45) is 5.73 Å². The molecule has 2 aromatic carbocycles. The van der Waals surface area contributed by atoms with E-state index in [2.05, 4.69) is 15.4 Å². The zero-order chi connectivity index (χ0) is 21.6. The second-order valence-electron chi connectivity index (χ2n) is 6.58. The van der Waals surface area contributed by atoms with Crippen LogP contribution in [0.2, 0.25) is 10.0 Å². The van der Waals surface area contributed by atoms with Gasteiger partial charge < -0.3 is 11.1 Å². The Kier molecular flexibility index (Phi) is 4.92. The number of rotatable bonds is 4.